The molecular weight excluding hydrogens is 342 g/mol. The molecule has 6 heteroatoms. The summed E-state index contributed by atoms with van der Waals surface area (Å²) in [7, 11) is 1.62. The third-order valence-corrected chi connectivity index (χ3v) is 5.49. The SMILES string of the molecule is COc1ccc2oc(C(=O)NCCSCc3ccsc3)c(C)c2c1. The largest absolute Gasteiger partial charge is 0.497 e. The van der Waals surface area contributed by atoms with Gasteiger partial charge in [0.25, 0.3) is 5.91 Å². The fourth-order valence-electron chi connectivity index (χ4n) is 2.43. The fraction of sp³-hybridized carbons (Fsp3) is 0.278. The smallest absolute Gasteiger partial charge is 0.287 e. The second kappa shape index (κ2) is 7.77. The highest BCUT2D eigenvalue weighted by Crippen LogP contribution is 2.28. The molecule has 0 aliphatic carbocycles. The van der Waals surface area contributed by atoms with Crippen molar-refractivity contribution in [3.8, 4) is 5.75 Å². The highest BCUT2D eigenvalue weighted by Gasteiger charge is 2.17. The number of methoxy groups -OCH3 is 1. The van der Waals surface area contributed by atoms with Crippen LogP contribution in [0, 0.1) is 6.92 Å². The van der Waals surface area contributed by atoms with Gasteiger partial charge in [-0.2, -0.15) is 23.1 Å². The Labute approximate surface area is 149 Å². The number of hydrogen-bond acceptors (Lipinski definition) is 5. The number of aryl methyl sites for hydroxylation is 1. The van der Waals surface area contributed by atoms with E-state index in [1.807, 2.05) is 36.9 Å². The molecule has 1 amide bonds. The van der Waals surface area contributed by atoms with Crippen LogP contribution in [0.3, 0.4) is 0 Å². The number of thiophene rings is 1. The van der Waals surface area contributed by atoms with Crippen molar-refractivity contribution in [2.45, 2.75) is 12.7 Å². The third-order valence-electron chi connectivity index (χ3n) is 3.73. The van der Waals surface area contributed by atoms with Gasteiger partial charge in [0.2, 0.25) is 0 Å². The van der Waals surface area contributed by atoms with E-state index in [0.717, 1.165) is 28.2 Å². The number of carbonyl (C=O) groups excluding carboxylic acids is 1. The Kier molecular flexibility index (Phi) is 5.48. The molecule has 126 valence electrons. The van der Waals surface area contributed by atoms with Gasteiger partial charge >= 0.3 is 0 Å². The van der Waals surface area contributed by atoms with E-state index in [1.165, 1.54) is 5.56 Å². The Hall–Kier alpha value is -1.92. The molecule has 0 saturated heterocycles. The van der Waals surface area contributed by atoms with Crippen LogP contribution >= 0.6 is 23.1 Å². The summed E-state index contributed by atoms with van der Waals surface area (Å²) >= 11 is 3.51. The molecule has 0 aliphatic rings. The maximum absolute atomic E-state index is 12.3. The molecule has 0 spiro atoms. The van der Waals surface area contributed by atoms with E-state index in [9.17, 15) is 4.79 Å². The topological polar surface area (TPSA) is 51.5 Å². The number of fused-ring (bicyclic) bond motifs is 1. The number of hydrogen-bond donors (Lipinski definition) is 1. The van der Waals surface area contributed by atoms with Crippen LogP contribution in [0.2, 0.25) is 0 Å². The minimum absolute atomic E-state index is 0.168. The van der Waals surface area contributed by atoms with Crippen molar-refractivity contribution < 1.29 is 13.9 Å². The lowest BCUT2D eigenvalue weighted by Crippen LogP contribution is -2.25. The summed E-state index contributed by atoms with van der Waals surface area (Å²) in [6.45, 7) is 2.51. The van der Waals surface area contributed by atoms with Crippen LogP contribution < -0.4 is 10.1 Å². The Morgan fingerprint density at radius 1 is 1.38 bits per heavy atom. The molecule has 2 aromatic heterocycles. The number of ether oxygens (including phenoxy) is 1. The van der Waals surface area contributed by atoms with Crippen LogP contribution in [0.4, 0.5) is 0 Å². The molecule has 0 saturated carbocycles. The Morgan fingerprint density at radius 3 is 3.00 bits per heavy atom. The molecule has 4 nitrogen and oxygen atoms in total. The third kappa shape index (κ3) is 3.76. The first kappa shape index (κ1) is 16.9. The van der Waals surface area contributed by atoms with Crippen molar-refractivity contribution >= 4 is 40.0 Å². The monoisotopic (exact) mass is 361 g/mol. The summed E-state index contributed by atoms with van der Waals surface area (Å²) in [5.74, 6) is 2.81. The van der Waals surface area contributed by atoms with Crippen molar-refractivity contribution in [2.24, 2.45) is 0 Å². The molecular formula is C18H19NO3S2. The zero-order chi connectivity index (χ0) is 16.9. The van der Waals surface area contributed by atoms with Gasteiger partial charge < -0.3 is 14.5 Å². The van der Waals surface area contributed by atoms with Crippen LogP contribution in [0.25, 0.3) is 11.0 Å². The average molecular weight is 361 g/mol. The minimum Gasteiger partial charge on any atom is -0.497 e. The van der Waals surface area contributed by atoms with E-state index in [1.54, 1.807) is 18.4 Å². The van der Waals surface area contributed by atoms with E-state index >= 15 is 0 Å². The molecule has 0 aliphatic heterocycles. The van der Waals surface area contributed by atoms with E-state index < -0.39 is 0 Å². The normalized spacial score (nSPS) is 10.9. The van der Waals surface area contributed by atoms with Crippen molar-refractivity contribution in [2.75, 3.05) is 19.4 Å². The predicted octanol–water partition coefficient (Wildman–Crippen LogP) is 4.47. The van der Waals surface area contributed by atoms with Crippen molar-refractivity contribution in [1.82, 2.24) is 5.32 Å². The molecule has 24 heavy (non-hydrogen) atoms. The van der Waals surface area contributed by atoms with Crippen LogP contribution in [-0.2, 0) is 5.75 Å². The summed E-state index contributed by atoms with van der Waals surface area (Å²) in [5, 5.41) is 8.07. The number of thioether (sulfide) groups is 1. The zero-order valence-electron chi connectivity index (χ0n) is 13.6. The quantitative estimate of drug-likeness (QED) is 0.631. The standard InChI is InChI=1S/C18H19NO3S2/c1-12-15-9-14(21-2)3-4-16(15)22-17(12)18(20)19-6-8-24-11-13-5-7-23-10-13/h3-5,7,9-10H,6,8,11H2,1-2H3,(H,19,20). The number of rotatable bonds is 7. The maximum atomic E-state index is 12.3. The Bertz CT molecular complexity index is 824. The lowest BCUT2D eigenvalue weighted by molar-refractivity contribution is 0.0930. The molecule has 0 radical (unpaired) electrons. The molecule has 1 aromatic carbocycles. The second-order valence-corrected chi connectivity index (χ2v) is 7.24. The van der Waals surface area contributed by atoms with Gasteiger partial charge in [0.05, 0.1) is 7.11 Å². The van der Waals surface area contributed by atoms with Crippen LogP contribution in [0.15, 0.2) is 39.4 Å². The van der Waals surface area contributed by atoms with Crippen LogP contribution in [0.1, 0.15) is 21.7 Å². The first-order chi connectivity index (χ1) is 11.7. The maximum Gasteiger partial charge on any atom is 0.287 e. The fourth-order valence-corrected chi connectivity index (χ4v) is 4.01. The minimum atomic E-state index is -0.168. The van der Waals surface area contributed by atoms with Gasteiger partial charge in [-0.05, 0) is 47.5 Å². The van der Waals surface area contributed by atoms with Gasteiger partial charge in [-0.15, -0.1) is 0 Å². The van der Waals surface area contributed by atoms with E-state index in [4.69, 9.17) is 9.15 Å². The molecule has 3 rings (SSSR count). The van der Waals surface area contributed by atoms with Crippen molar-refractivity contribution in [3.05, 3.63) is 51.9 Å². The number of nitrogens with one attached hydrogen (secondary N) is 1. The average Bonchev–Trinajstić information content (AvgIpc) is 3.22. The first-order valence-corrected chi connectivity index (χ1v) is 9.73. The molecule has 2 heterocycles. The van der Waals surface area contributed by atoms with Gasteiger partial charge in [-0.3, -0.25) is 4.79 Å². The Morgan fingerprint density at radius 2 is 2.25 bits per heavy atom. The summed E-state index contributed by atoms with van der Waals surface area (Å²) < 4.78 is 10.9. The van der Waals surface area contributed by atoms with Gasteiger partial charge in [0.1, 0.15) is 11.3 Å². The summed E-state index contributed by atoms with van der Waals surface area (Å²) in [5.41, 5.74) is 2.87. The molecule has 3 aromatic rings. The molecule has 0 unspecified atom stereocenters. The zero-order valence-corrected chi connectivity index (χ0v) is 15.3. The van der Waals surface area contributed by atoms with Crippen LogP contribution in [0.5, 0.6) is 5.75 Å². The van der Waals surface area contributed by atoms with E-state index in [0.29, 0.717) is 17.9 Å². The number of benzene rings is 1. The van der Waals surface area contributed by atoms with Gasteiger partial charge in [-0.1, -0.05) is 0 Å². The highest BCUT2D eigenvalue weighted by molar-refractivity contribution is 7.98. The van der Waals surface area contributed by atoms with E-state index in [2.05, 4.69) is 22.1 Å². The first-order valence-electron chi connectivity index (χ1n) is 7.63. The number of amides is 1. The summed E-state index contributed by atoms with van der Waals surface area (Å²) in [4.78, 5) is 12.3. The van der Waals surface area contributed by atoms with Gasteiger partial charge in [0, 0.05) is 29.0 Å². The predicted molar refractivity (Wildman–Crippen MR) is 100 cm³/mol. The van der Waals surface area contributed by atoms with E-state index in [-0.39, 0.29) is 5.91 Å². The molecule has 0 atom stereocenters. The second-order valence-electron chi connectivity index (χ2n) is 5.36. The highest BCUT2D eigenvalue weighted by atomic mass is 32.2. The number of furan rings is 1. The summed E-state index contributed by atoms with van der Waals surface area (Å²) in [6.07, 6.45) is 0. The molecule has 0 bridgehead atoms. The van der Waals surface area contributed by atoms with Gasteiger partial charge in [0.15, 0.2) is 5.76 Å². The van der Waals surface area contributed by atoms with Crippen molar-refractivity contribution in [3.63, 3.8) is 0 Å². The Balaban J connectivity index is 1.56. The lowest BCUT2D eigenvalue weighted by Gasteiger charge is -2.03. The molecule has 1 N–H and O–H groups in total. The molecule has 0 fully saturated rings. The summed E-state index contributed by atoms with van der Waals surface area (Å²) in [6, 6.07) is 7.67. The van der Waals surface area contributed by atoms with Gasteiger partial charge in [-0.25, -0.2) is 0 Å². The lowest BCUT2D eigenvalue weighted by atomic mass is 10.1. The van der Waals surface area contributed by atoms with Crippen molar-refractivity contribution in [1.29, 1.82) is 0 Å². The number of carbonyl (C=O) groups is 1. The van der Waals surface area contributed by atoms with Crippen LogP contribution in [-0.4, -0.2) is 25.3 Å².